The van der Waals surface area contributed by atoms with Crippen molar-refractivity contribution in [2.75, 3.05) is 26.2 Å². The van der Waals surface area contributed by atoms with Crippen molar-refractivity contribution in [2.24, 2.45) is 0 Å². The Labute approximate surface area is 147 Å². The molecule has 2 heterocycles. The van der Waals surface area contributed by atoms with Crippen LogP contribution >= 0.6 is 0 Å². The number of piperidine rings is 1. The highest BCUT2D eigenvalue weighted by Gasteiger charge is 2.21. The molecule has 1 aromatic carbocycles. The number of aryl methyl sites for hydroxylation is 1. The molecule has 3 N–H and O–H groups in total. The number of H-pyrrole nitrogens is 1. The average Bonchev–Trinajstić information content (AvgIpc) is 2.90. The van der Waals surface area contributed by atoms with Crippen molar-refractivity contribution >= 4 is 16.8 Å². The van der Waals surface area contributed by atoms with Crippen molar-refractivity contribution in [3.8, 4) is 0 Å². The highest BCUT2D eigenvalue weighted by atomic mass is 19.1. The minimum absolute atomic E-state index is 0.0641. The second kappa shape index (κ2) is 7.97. The number of amides is 1. The second-order valence-electron chi connectivity index (χ2n) is 6.81. The molecule has 1 saturated heterocycles. The Bertz CT molecular complexity index is 744. The maximum atomic E-state index is 13.5. The van der Waals surface area contributed by atoms with E-state index in [1.54, 1.807) is 6.07 Å². The molecular formula is C19H26FN3O2. The molecule has 3 rings (SSSR count). The van der Waals surface area contributed by atoms with Gasteiger partial charge in [-0.05, 0) is 50.1 Å². The fourth-order valence-corrected chi connectivity index (χ4v) is 3.71. The number of benzene rings is 1. The first-order valence-corrected chi connectivity index (χ1v) is 8.97. The van der Waals surface area contributed by atoms with Gasteiger partial charge in [-0.3, -0.25) is 9.69 Å². The summed E-state index contributed by atoms with van der Waals surface area (Å²) in [5.74, 6) is -0.362. The SMILES string of the molecule is Cc1[nH]c2ccc(F)cc2c1CC(=O)NCCN1CCCC[C@H]1CO. The van der Waals surface area contributed by atoms with Crippen LogP contribution in [0, 0.1) is 12.7 Å². The lowest BCUT2D eigenvalue weighted by Crippen LogP contribution is -2.45. The van der Waals surface area contributed by atoms with Gasteiger partial charge in [-0.25, -0.2) is 4.39 Å². The molecular weight excluding hydrogens is 321 g/mol. The third-order valence-corrected chi connectivity index (χ3v) is 5.10. The van der Waals surface area contributed by atoms with Crippen LogP contribution < -0.4 is 5.32 Å². The largest absolute Gasteiger partial charge is 0.395 e. The Morgan fingerprint density at radius 2 is 2.28 bits per heavy atom. The molecule has 5 nitrogen and oxygen atoms in total. The number of nitrogens with one attached hydrogen (secondary N) is 2. The average molecular weight is 347 g/mol. The van der Waals surface area contributed by atoms with E-state index in [1.165, 1.54) is 12.1 Å². The van der Waals surface area contributed by atoms with E-state index in [1.807, 2.05) is 6.92 Å². The van der Waals surface area contributed by atoms with E-state index < -0.39 is 0 Å². The lowest BCUT2D eigenvalue weighted by atomic mass is 10.0. The zero-order valence-corrected chi connectivity index (χ0v) is 14.6. The molecule has 1 aliphatic heterocycles. The molecule has 2 aromatic rings. The lowest BCUT2D eigenvalue weighted by molar-refractivity contribution is -0.120. The summed E-state index contributed by atoms with van der Waals surface area (Å²) in [6.07, 6.45) is 3.55. The molecule has 0 bridgehead atoms. The van der Waals surface area contributed by atoms with Crippen LogP contribution in [-0.4, -0.2) is 53.2 Å². The highest BCUT2D eigenvalue weighted by molar-refractivity contribution is 5.90. The fraction of sp³-hybridized carbons (Fsp3) is 0.526. The third-order valence-electron chi connectivity index (χ3n) is 5.10. The van der Waals surface area contributed by atoms with Gasteiger partial charge in [-0.1, -0.05) is 6.42 Å². The predicted molar refractivity (Wildman–Crippen MR) is 96.0 cm³/mol. The summed E-state index contributed by atoms with van der Waals surface area (Å²) in [6, 6.07) is 4.80. The number of fused-ring (bicyclic) bond motifs is 1. The summed E-state index contributed by atoms with van der Waals surface area (Å²) >= 11 is 0. The summed E-state index contributed by atoms with van der Waals surface area (Å²) in [5.41, 5.74) is 2.59. The van der Waals surface area contributed by atoms with Crippen LogP contribution in [0.25, 0.3) is 10.9 Å². The number of halogens is 1. The summed E-state index contributed by atoms with van der Waals surface area (Å²) in [7, 11) is 0. The molecule has 0 spiro atoms. The van der Waals surface area contributed by atoms with Gasteiger partial charge in [-0.15, -0.1) is 0 Å². The van der Waals surface area contributed by atoms with E-state index >= 15 is 0 Å². The summed E-state index contributed by atoms with van der Waals surface area (Å²) in [4.78, 5) is 17.7. The van der Waals surface area contributed by atoms with E-state index in [0.717, 1.165) is 54.5 Å². The molecule has 0 radical (unpaired) electrons. The van der Waals surface area contributed by atoms with Crippen LogP contribution in [-0.2, 0) is 11.2 Å². The van der Waals surface area contributed by atoms with E-state index in [9.17, 15) is 14.3 Å². The topological polar surface area (TPSA) is 68.4 Å². The molecule has 1 atom stereocenters. The highest BCUT2D eigenvalue weighted by Crippen LogP contribution is 2.23. The van der Waals surface area contributed by atoms with Gasteiger partial charge in [0.2, 0.25) is 5.91 Å². The van der Waals surface area contributed by atoms with Crippen LogP contribution in [0.2, 0.25) is 0 Å². The van der Waals surface area contributed by atoms with Crippen molar-refractivity contribution in [1.29, 1.82) is 0 Å². The van der Waals surface area contributed by atoms with Crippen LogP contribution in [0.15, 0.2) is 18.2 Å². The smallest absolute Gasteiger partial charge is 0.224 e. The van der Waals surface area contributed by atoms with Crippen LogP contribution in [0.3, 0.4) is 0 Å². The second-order valence-corrected chi connectivity index (χ2v) is 6.81. The number of aromatic nitrogens is 1. The maximum Gasteiger partial charge on any atom is 0.224 e. The Kier molecular flexibility index (Phi) is 5.71. The molecule has 25 heavy (non-hydrogen) atoms. The van der Waals surface area contributed by atoms with Crippen molar-refractivity contribution in [1.82, 2.24) is 15.2 Å². The zero-order valence-electron chi connectivity index (χ0n) is 14.6. The molecule has 0 saturated carbocycles. The molecule has 6 heteroatoms. The molecule has 0 unspecified atom stereocenters. The monoisotopic (exact) mass is 347 g/mol. The number of carbonyl (C=O) groups excluding carboxylic acids is 1. The van der Waals surface area contributed by atoms with Crippen molar-refractivity contribution in [3.63, 3.8) is 0 Å². The Hall–Kier alpha value is -1.92. The quantitative estimate of drug-likeness (QED) is 0.750. The summed E-state index contributed by atoms with van der Waals surface area (Å²) in [6.45, 7) is 4.36. The molecule has 1 fully saturated rings. The van der Waals surface area contributed by atoms with E-state index in [2.05, 4.69) is 15.2 Å². The molecule has 1 aliphatic rings. The van der Waals surface area contributed by atoms with Gasteiger partial charge in [-0.2, -0.15) is 0 Å². The number of aliphatic hydroxyl groups is 1. The zero-order chi connectivity index (χ0) is 17.8. The Morgan fingerprint density at radius 3 is 3.08 bits per heavy atom. The van der Waals surface area contributed by atoms with Gasteiger partial charge in [0.1, 0.15) is 5.82 Å². The van der Waals surface area contributed by atoms with Gasteiger partial charge in [0, 0.05) is 35.7 Å². The minimum Gasteiger partial charge on any atom is -0.395 e. The van der Waals surface area contributed by atoms with E-state index in [4.69, 9.17) is 0 Å². The van der Waals surface area contributed by atoms with Crippen molar-refractivity contribution in [3.05, 3.63) is 35.3 Å². The van der Waals surface area contributed by atoms with E-state index in [-0.39, 0.29) is 30.8 Å². The molecule has 0 aliphatic carbocycles. The van der Waals surface area contributed by atoms with Gasteiger partial charge in [0.15, 0.2) is 0 Å². The minimum atomic E-state index is -0.298. The normalized spacial score (nSPS) is 18.6. The number of likely N-dealkylation sites (tertiary alicyclic amines) is 1. The van der Waals surface area contributed by atoms with Crippen molar-refractivity contribution in [2.45, 2.75) is 38.6 Å². The number of nitrogens with zero attached hydrogens (tertiary/aromatic N) is 1. The molecule has 1 aromatic heterocycles. The summed E-state index contributed by atoms with van der Waals surface area (Å²) < 4.78 is 13.5. The fourth-order valence-electron chi connectivity index (χ4n) is 3.71. The number of aromatic amines is 1. The van der Waals surface area contributed by atoms with Crippen LogP contribution in [0.1, 0.15) is 30.5 Å². The number of hydrogen-bond acceptors (Lipinski definition) is 3. The van der Waals surface area contributed by atoms with Gasteiger partial charge >= 0.3 is 0 Å². The Morgan fingerprint density at radius 1 is 1.44 bits per heavy atom. The third kappa shape index (κ3) is 4.19. The first-order chi connectivity index (χ1) is 12.1. The molecule has 136 valence electrons. The number of hydrogen-bond donors (Lipinski definition) is 3. The Balaban J connectivity index is 1.56. The summed E-state index contributed by atoms with van der Waals surface area (Å²) in [5, 5.41) is 13.1. The molecule has 1 amide bonds. The number of aliphatic hydroxyl groups excluding tert-OH is 1. The maximum absolute atomic E-state index is 13.5. The first-order valence-electron chi connectivity index (χ1n) is 8.97. The van der Waals surface area contributed by atoms with Crippen LogP contribution in [0.4, 0.5) is 4.39 Å². The first kappa shape index (κ1) is 17.9. The van der Waals surface area contributed by atoms with Gasteiger partial charge in [0.25, 0.3) is 0 Å². The van der Waals surface area contributed by atoms with Gasteiger partial charge in [0.05, 0.1) is 13.0 Å². The predicted octanol–water partition coefficient (Wildman–Crippen LogP) is 2.12. The number of carbonyl (C=O) groups is 1. The van der Waals surface area contributed by atoms with Crippen LogP contribution in [0.5, 0.6) is 0 Å². The van der Waals surface area contributed by atoms with Gasteiger partial charge < -0.3 is 15.4 Å². The van der Waals surface area contributed by atoms with Crippen molar-refractivity contribution < 1.29 is 14.3 Å². The number of rotatable bonds is 6. The lowest BCUT2D eigenvalue weighted by Gasteiger charge is -2.34. The van der Waals surface area contributed by atoms with E-state index in [0.29, 0.717) is 6.54 Å². The standard InChI is InChI=1S/C19H26FN3O2/c1-13-16(17-10-14(20)5-6-18(17)22-13)11-19(25)21-7-9-23-8-3-2-4-15(23)12-24/h5-6,10,15,22,24H,2-4,7-9,11-12H2,1H3,(H,21,25)/t15-/m0/s1.